The van der Waals surface area contributed by atoms with Gasteiger partial charge in [0.2, 0.25) is 5.91 Å². The molecule has 0 aromatic heterocycles. The van der Waals surface area contributed by atoms with Crippen LogP contribution in [0, 0.1) is 0 Å². The average molecular weight is 448 g/mol. The van der Waals surface area contributed by atoms with E-state index in [2.05, 4.69) is 16.0 Å². The number of amides is 2. The molecule has 0 bridgehead atoms. The van der Waals surface area contributed by atoms with Gasteiger partial charge in [-0.2, -0.15) is 13.2 Å². The number of anilines is 3. The van der Waals surface area contributed by atoms with Crippen LogP contribution in [-0.4, -0.2) is 18.4 Å². The monoisotopic (exact) mass is 447 g/mol. The summed E-state index contributed by atoms with van der Waals surface area (Å²) in [7, 11) is 0. The molecule has 0 fully saturated rings. The summed E-state index contributed by atoms with van der Waals surface area (Å²) in [6.45, 7) is -0.0643. The van der Waals surface area contributed by atoms with Gasteiger partial charge in [-0.15, -0.1) is 0 Å². The molecule has 3 aromatic rings. The molecule has 3 aromatic carbocycles. The topological polar surface area (TPSA) is 70.2 Å². The van der Waals surface area contributed by atoms with Crippen molar-refractivity contribution in [1.82, 2.24) is 0 Å². The minimum Gasteiger partial charge on any atom is -0.376 e. The first-order valence-corrected chi connectivity index (χ1v) is 9.46. The number of halogens is 4. The standard InChI is InChI=1S/C22H17ClF3N3O2/c23-16-6-3-9-19(12-16)28-20(30)13-27-17-7-1-4-14(10-17)21(31)29-18-8-2-5-15(11-18)22(24,25)26/h1-12,27H,13H2,(H,28,30)(H,29,31). The molecule has 0 saturated carbocycles. The molecule has 31 heavy (non-hydrogen) atoms. The third-order valence-electron chi connectivity index (χ3n) is 4.13. The lowest BCUT2D eigenvalue weighted by atomic mass is 10.1. The molecule has 0 aliphatic heterocycles. The van der Waals surface area contributed by atoms with Gasteiger partial charge in [0.05, 0.1) is 12.1 Å². The fourth-order valence-electron chi connectivity index (χ4n) is 2.70. The molecule has 3 N–H and O–H groups in total. The van der Waals surface area contributed by atoms with Crippen LogP contribution in [0.15, 0.2) is 72.8 Å². The molecule has 0 aliphatic carbocycles. The van der Waals surface area contributed by atoms with Crippen molar-refractivity contribution in [3.8, 4) is 0 Å². The first kappa shape index (κ1) is 22.2. The maximum atomic E-state index is 12.8. The quantitative estimate of drug-likeness (QED) is 0.456. The Bertz CT molecular complexity index is 1100. The molecular formula is C22H17ClF3N3O2. The molecule has 3 rings (SSSR count). The van der Waals surface area contributed by atoms with Gasteiger partial charge in [0.25, 0.3) is 5.91 Å². The van der Waals surface area contributed by atoms with Gasteiger partial charge in [-0.25, -0.2) is 0 Å². The lowest BCUT2D eigenvalue weighted by Gasteiger charge is -2.11. The van der Waals surface area contributed by atoms with Crippen LogP contribution in [0.4, 0.5) is 30.2 Å². The molecule has 0 spiro atoms. The fourth-order valence-corrected chi connectivity index (χ4v) is 2.89. The summed E-state index contributed by atoms with van der Waals surface area (Å²) in [5, 5.41) is 8.51. The maximum Gasteiger partial charge on any atom is 0.416 e. The number of hydrogen-bond donors (Lipinski definition) is 3. The van der Waals surface area contributed by atoms with Crippen molar-refractivity contribution in [3.05, 3.63) is 88.9 Å². The predicted molar refractivity (Wildman–Crippen MR) is 114 cm³/mol. The summed E-state index contributed by atoms with van der Waals surface area (Å²) >= 11 is 5.88. The highest BCUT2D eigenvalue weighted by atomic mass is 35.5. The molecule has 0 aliphatic rings. The molecule has 0 saturated heterocycles. The molecule has 0 atom stereocenters. The molecule has 9 heteroatoms. The van der Waals surface area contributed by atoms with Gasteiger partial charge in [-0.3, -0.25) is 9.59 Å². The number of alkyl halides is 3. The zero-order valence-electron chi connectivity index (χ0n) is 16.0. The number of nitrogens with one attached hydrogen (secondary N) is 3. The summed E-state index contributed by atoms with van der Waals surface area (Å²) in [6.07, 6.45) is -4.50. The van der Waals surface area contributed by atoms with Gasteiger partial charge in [-0.1, -0.05) is 29.8 Å². The molecule has 160 valence electrons. The summed E-state index contributed by atoms with van der Waals surface area (Å²) in [6, 6.07) is 17.3. The van der Waals surface area contributed by atoms with E-state index in [0.717, 1.165) is 12.1 Å². The Balaban J connectivity index is 1.60. The van der Waals surface area contributed by atoms with E-state index in [9.17, 15) is 22.8 Å². The normalized spacial score (nSPS) is 11.0. The third kappa shape index (κ3) is 6.48. The minimum absolute atomic E-state index is 0.0269. The first-order chi connectivity index (χ1) is 14.7. The largest absolute Gasteiger partial charge is 0.416 e. The Labute approximate surface area is 181 Å². The Morgan fingerprint density at radius 3 is 2.16 bits per heavy atom. The van der Waals surface area contributed by atoms with Gasteiger partial charge in [0.1, 0.15) is 0 Å². The van der Waals surface area contributed by atoms with Crippen molar-refractivity contribution in [2.45, 2.75) is 6.18 Å². The van der Waals surface area contributed by atoms with Gasteiger partial charge in [0, 0.05) is 27.6 Å². The van der Waals surface area contributed by atoms with Crippen LogP contribution in [0.3, 0.4) is 0 Å². The van der Waals surface area contributed by atoms with E-state index in [0.29, 0.717) is 16.4 Å². The highest BCUT2D eigenvalue weighted by Gasteiger charge is 2.30. The predicted octanol–water partition coefficient (Wildman–Crippen LogP) is 5.66. The number of carbonyl (C=O) groups is 2. The average Bonchev–Trinajstić information content (AvgIpc) is 2.72. The molecule has 5 nitrogen and oxygen atoms in total. The zero-order chi connectivity index (χ0) is 22.4. The van der Waals surface area contributed by atoms with Crippen molar-refractivity contribution in [2.75, 3.05) is 22.5 Å². The van der Waals surface area contributed by atoms with Crippen molar-refractivity contribution in [3.63, 3.8) is 0 Å². The molecule has 0 unspecified atom stereocenters. The lowest BCUT2D eigenvalue weighted by molar-refractivity contribution is -0.137. The Morgan fingerprint density at radius 2 is 1.45 bits per heavy atom. The Kier molecular flexibility index (Phi) is 6.81. The first-order valence-electron chi connectivity index (χ1n) is 9.09. The highest BCUT2D eigenvalue weighted by Crippen LogP contribution is 2.30. The van der Waals surface area contributed by atoms with Crippen molar-refractivity contribution in [2.24, 2.45) is 0 Å². The van der Waals surface area contributed by atoms with Crippen molar-refractivity contribution < 1.29 is 22.8 Å². The minimum atomic E-state index is -4.50. The maximum absolute atomic E-state index is 12.8. The second-order valence-electron chi connectivity index (χ2n) is 6.53. The van der Waals surface area contributed by atoms with E-state index in [1.807, 2.05) is 0 Å². The van der Waals surface area contributed by atoms with E-state index in [4.69, 9.17) is 11.6 Å². The lowest BCUT2D eigenvalue weighted by Crippen LogP contribution is -2.22. The highest BCUT2D eigenvalue weighted by molar-refractivity contribution is 6.30. The second kappa shape index (κ2) is 9.53. The third-order valence-corrected chi connectivity index (χ3v) is 4.37. The molecule has 0 heterocycles. The zero-order valence-corrected chi connectivity index (χ0v) is 16.7. The van der Waals surface area contributed by atoms with Crippen molar-refractivity contribution >= 4 is 40.5 Å². The van der Waals surface area contributed by atoms with Gasteiger partial charge >= 0.3 is 6.18 Å². The van der Waals surface area contributed by atoms with E-state index in [1.165, 1.54) is 24.3 Å². The van der Waals surface area contributed by atoms with E-state index < -0.39 is 17.6 Å². The van der Waals surface area contributed by atoms with Gasteiger partial charge < -0.3 is 16.0 Å². The molecule has 0 radical (unpaired) electrons. The van der Waals surface area contributed by atoms with Crippen LogP contribution in [0.1, 0.15) is 15.9 Å². The van der Waals surface area contributed by atoms with E-state index in [1.54, 1.807) is 36.4 Å². The van der Waals surface area contributed by atoms with Crippen LogP contribution in [-0.2, 0) is 11.0 Å². The van der Waals surface area contributed by atoms with E-state index in [-0.39, 0.29) is 23.7 Å². The van der Waals surface area contributed by atoms with Crippen LogP contribution in [0.2, 0.25) is 5.02 Å². The van der Waals surface area contributed by atoms with E-state index >= 15 is 0 Å². The summed E-state index contributed by atoms with van der Waals surface area (Å²) in [5.41, 5.74) is 0.439. The van der Waals surface area contributed by atoms with Gasteiger partial charge in [0.15, 0.2) is 0 Å². The van der Waals surface area contributed by atoms with Crippen LogP contribution < -0.4 is 16.0 Å². The molecular weight excluding hydrogens is 431 g/mol. The molecule has 2 amide bonds. The number of carbonyl (C=O) groups excluding carboxylic acids is 2. The number of benzene rings is 3. The smallest absolute Gasteiger partial charge is 0.376 e. The Morgan fingerprint density at radius 1 is 0.806 bits per heavy atom. The van der Waals surface area contributed by atoms with Crippen LogP contribution in [0.25, 0.3) is 0 Å². The number of hydrogen-bond acceptors (Lipinski definition) is 3. The van der Waals surface area contributed by atoms with Gasteiger partial charge in [-0.05, 0) is 54.6 Å². The fraction of sp³-hybridized carbons (Fsp3) is 0.0909. The summed E-state index contributed by atoms with van der Waals surface area (Å²) in [5.74, 6) is -0.896. The SMILES string of the molecule is O=C(CNc1cccc(C(=O)Nc2cccc(C(F)(F)F)c2)c1)Nc1cccc(Cl)c1. The Hall–Kier alpha value is -3.52. The number of rotatable bonds is 6. The second-order valence-corrected chi connectivity index (χ2v) is 6.96. The summed E-state index contributed by atoms with van der Waals surface area (Å²) in [4.78, 5) is 24.5. The van der Waals surface area contributed by atoms with Crippen LogP contribution >= 0.6 is 11.6 Å². The van der Waals surface area contributed by atoms with Crippen molar-refractivity contribution in [1.29, 1.82) is 0 Å². The van der Waals surface area contributed by atoms with Crippen LogP contribution in [0.5, 0.6) is 0 Å². The summed E-state index contributed by atoms with van der Waals surface area (Å²) < 4.78 is 38.5.